The van der Waals surface area contributed by atoms with Crippen LogP contribution in [0.2, 0.25) is 5.02 Å². The van der Waals surface area contributed by atoms with Crippen LogP contribution in [0.25, 0.3) is 11.5 Å². The van der Waals surface area contributed by atoms with Gasteiger partial charge in [0, 0.05) is 23.9 Å². The number of hydrogen-bond donors (Lipinski definition) is 2. The number of rotatable bonds is 3. The molecule has 0 aliphatic heterocycles. The highest BCUT2D eigenvalue weighted by Crippen LogP contribution is 2.35. The maximum Gasteiger partial charge on any atom is 0.182 e. The molecular weight excluding hydrogens is 274 g/mol. The molecule has 0 bridgehead atoms. The first-order valence-electron chi connectivity index (χ1n) is 6.74. The molecule has 0 saturated heterocycles. The number of nitrogens with zero attached hydrogens (tertiary/aromatic N) is 3. The first-order valence-corrected chi connectivity index (χ1v) is 7.12. The summed E-state index contributed by atoms with van der Waals surface area (Å²) < 4.78 is 0. The number of hydrogen-bond acceptors (Lipinski definition) is 5. The highest BCUT2D eigenvalue weighted by Gasteiger charge is 2.21. The molecular formula is C14H16ClN5. The average Bonchev–Trinajstić information content (AvgIpc) is 3.01. The van der Waals surface area contributed by atoms with Gasteiger partial charge >= 0.3 is 0 Å². The van der Waals surface area contributed by atoms with E-state index in [1.165, 1.54) is 12.8 Å². The first-order chi connectivity index (χ1) is 9.78. The van der Waals surface area contributed by atoms with Gasteiger partial charge in [0.15, 0.2) is 5.82 Å². The fourth-order valence-corrected chi connectivity index (χ4v) is 2.83. The van der Waals surface area contributed by atoms with Crippen LogP contribution >= 0.6 is 11.6 Å². The summed E-state index contributed by atoms with van der Waals surface area (Å²) in [5, 5.41) is 0.541. The van der Waals surface area contributed by atoms with Gasteiger partial charge in [-0.2, -0.15) is 0 Å². The number of halogens is 1. The van der Waals surface area contributed by atoms with Gasteiger partial charge < -0.3 is 5.43 Å². The number of aromatic nitrogens is 3. The van der Waals surface area contributed by atoms with Crippen molar-refractivity contribution in [2.75, 3.05) is 5.43 Å². The Bertz CT molecular complexity index is 610. The lowest BCUT2D eigenvalue weighted by Gasteiger charge is -2.12. The van der Waals surface area contributed by atoms with E-state index in [4.69, 9.17) is 17.4 Å². The van der Waals surface area contributed by atoms with Crippen molar-refractivity contribution in [2.24, 2.45) is 5.84 Å². The van der Waals surface area contributed by atoms with Crippen molar-refractivity contribution in [3.63, 3.8) is 0 Å². The lowest BCUT2D eigenvalue weighted by molar-refractivity contribution is 0.695. The molecule has 0 aromatic carbocycles. The van der Waals surface area contributed by atoms with Crippen molar-refractivity contribution < 1.29 is 0 Å². The van der Waals surface area contributed by atoms with Crippen LogP contribution in [0, 0.1) is 0 Å². The van der Waals surface area contributed by atoms with Crippen LogP contribution in [-0.2, 0) is 0 Å². The number of anilines is 1. The van der Waals surface area contributed by atoms with E-state index in [0.717, 1.165) is 18.5 Å². The molecule has 0 unspecified atom stereocenters. The summed E-state index contributed by atoms with van der Waals surface area (Å²) in [6, 6.07) is 5.48. The van der Waals surface area contributed by atoms with Gasteiger partial charge in [-0.15, -0.1) is 0 Å². The summed E-state index contributed by atoms with van der Waals surface area (Å²) in [7, 11) is 0. The van der Waals surface area contributed by atoms with Gasteiger partial charge in [0.25, 0.3) is 0 Å². The van der Waals surface area contributed by atoms with Gasteiger partial charge in [-0.3, -0.25) is 4.98 Å². The summed E-state index contributed by atoms with van der Waals surface area (Å²) in [6.45, 7) is 0. The molecule has 3 rings (SSSR count). The van der Waals surface area contributed by atoms with E-state index in [0.29, 0.717) is 28.3 Å². The molecule has 1 aliphatic rings. The molecule has 0 spiro atoms. The molecule has 0 amide bonds. The molecule has 5 nitrogen and oxygen atoms in total. The normalized spacial score (nSPS) is 15.5. The summed E-state index contributed by atoms with van der Waals surface area (Å²) in [5.41, 5.74) is 4.20. The molecule has 3 N–H and O–H groups in total. The number of nitrogen functional groups attached to an aromatic ring is 1. The third kappa shape index (κ3) is 2.59. The van der Waals surface area contributed by atoms with Crippen molar-refractivity contribution >= 4 is 17.4 Å². The third-order valence-electron chi connectivity index (χ3n) is 3.64. The summed E-state index contributed by atoms with van der Waals surface area (Å²) in [6.07, 6.45) is 6.51. The van der Waals surface area contributed by atoms with Crippen LogP contribution in [0.4, 0.5) is 5.82 Å². The molecule has 1 saturated carbocycles. The number of nitrogens with one attached hydrogen (secondary N) is 1. The molecule has 2 heterocycles. The minimum absolute atomic E-state index is 0.478. The van der Waals surface area contributed by atoms with E-state index < -0.39 is 0 Å². The number of pyridine rings is 1. The maximum atomic E-state index is 6.17. The Hall–Kier alpha value is -1.72. The second kappa shape index (κ2) is 5.73. The highest BCUT2D eigenvalue weighted by atomic mass is 35.5. The van der Waals surface area contributed by atoms with E-state index >= 15 is 0 Å². The quantitative estimate of drug-likeness (QED) is 0.670. The average molecular weight is 290 g/mol. The Balaban J connectivity index is 2.06. The molecule has 104 valence electrons. The standard InChI is InChI=1S/C14H16ClN5/c15-10-6-3-7-17-13(10)14-18-11(8-12(19-14)20-16)9-4-1-2-5-9/h3,6-9H,1-2,4-5,16H2,(H,18,19,20). The highest BCUT2D eigenvalue weighted by molar-refractivity contribution is 6.32. The van der Waals surface area contributed by atoms with Crippen molar-refractivity contribution in [3.05, 3.63) is 35.1 Å². The monoisotopic (exact) mass is 289 g/mol. The van der Waals surface area contributed by atoms with Gasteiger partial charge in [-0.1, -0.05) is 24.4 Å². The zero-order valence-electron chi connectivity index (χ0n) is 11.0. The van der Waals surface area contributed by atoms with Gasteiger partial charge in [0.2, 0.25) is 0 Å². The van der Waals surface area contributed by atoms with Gasteiger partial charge in [0.05, 0.1) is 5.02 Å². The summed E-state index contributed by atoms with van der Waals surface area (Å²) in [4.78, 5) is 13.3. The van der Waals surface area contributed by atoms with Gasteiger partial charge in [-0.25, -0.2) is 15.8 Å². The van der Waals surface area contributed by atoms with E-state index in [9.17, 15) is 0 Å². The largest absolute Gasteiger partial charge is 0.308 e. The van der Waals surface area contributed by atoms with Crippen LogP contribution in [-0.4, -0.2) is 15.0 Å². The third-order valence-corrected chi connectivity index (χ3v) is 3.94. The first kappa shape index (κ1) is 13.3. The fourth-order valence-electron chi connectivity index (χ4n) is 2.63. The van der Waals surface area contributed by atoms with Crippen LogP contribution in [0.15, 0.2) is 24.4 Å². The van der Waals surface area contributed by atoms with Crippen molar-refractivity contribution in [3.8, 4) is 11.5 Å². The molecule has 0 radical (unpaired) electrons. The number of nitrogens with two attached hydrogens (primary N) is 1. The van der Waals surface area contributed by atoms with E-state index in [1.807, 2.05) is 6.07 Å². The topological polar surface area (TPSA) is 76.7 Å². The van der Waals surface area contributed by atoms with Gasteiger partial charge in [0.1, 0.15) is 11.5 Å². The SMILES string of the molecule is NNc1cc(C2CCCC2)nc(-c2ncccc2Cl)n1. The predicted octanol–water partition coefficient (Wildman–Crippen LogP) is 3.14. The van der Waals surface area contributed by atoms with Crippen molar-refractivity contribution in [1.82, 2.24) is 15.0 Å². The lowest BCUT2D eigenvalue weighted by Crippen LogP contribution is -2.11. The zero-order chi connectivity index (χ0) is 13.9. The van der Waals surface area contributed by atoms with E-state index in [-0.39, 0.29) is 0 Å². The molecule has 0 atom stereocenters. The molecule has 2 aromatic heterocycles. The maximum absolute atomic E-state index is 6.17. The van der Waals surface area contributed by atoms with Crippen molar-refractivity contribution in [2.45, 2.75) is 31.6 Å². The molecule has 2 aromatic rings. The number of hydrazine groups is 1. The molecule has 20 heavy (non-hydrogen) atoms. The Morgan fingerprint density at radius 1 is 1.25 bits per heavy atom. The second-order valence-corrected chi connectivity index (χ2v) is 5.37. The fraction of sp³-hybridized carbons (Fsp3) is 0.357. The predicted molar refractivity (Wildman–Crippen MR) is 79.3 cm³/mol. The van der Waals surface area contributed by atoms with E-state index in [2.05, 4.69) is 20.4 Å². The zero-order valence-corrected chi connectivity index (χ0v) is 11.8. The van der Waals surface area contributed by atoms with Crippen LogP contribution < -0.4 is 11.3 Å². The minimum Gasteiger partial charge on any atom is -0.308 e. The Kier molecular flexibility index (Phi) is 3.80. The Morgan fingerprint density at radius 2 is 2.05 bits per heavy atom. The van der Waals surface area contributed by atoms with Crippen LogP contribution in [0.1, 0.15) is 37.3 Å². The Morgan fingerprint density at radius 3 is 2.75 bits per heavy atom. The van der Waals surface area contributed by atoms with Gasteiger partial charge in [-0.05, 0) is 25.0 Å². The second-order valence-electron chi connectivity index (χ2n) is 4.96. The molecule has 6 heteroatoms. The lowest BCUT2D eigenvalue weighted by atomic mass is 10.0. The minimum atomic E-state index is 0.478. The smallest absolute Gasteiger partial charge is 0.182 e. The Labute approximate surface area is 122 Å². The molecule has 1 aliphatic carbocycles. The van der Waals surface area contributed by atoms with Crippen LogP contribution in [0.3, 0.4) is 0 Å². The summed E-state index contributed by atoms with van der Waals surface area (Å²) in [5.74, 6) is 7.10. The molecule has 1 fully saturated rings. The summed E-state index contributed by atoms with van der Waals surface area (Å²) >= 11 is 6.17. The van der Waals surface area contributed by atoms with Crippen molar-refractivity contribution in [1.29, 1.82) is 0 Å². The van der Waals surface area contributed by atoms with E-state index in [1.54, 1.807) is 18.3 Å². The van der Waals surface area contributed by atoms with Crippen LogP contribution in [0.5, 0.6) is 0 Å².